The summed E-state index contributed by atoms with van der Waals surface area (Å²) < 4.78 is 16.3. The lowest BCUT2D eigenvalue weighted by molar-refractivity contribution is -0.122. The van der Waals surface area contributed by atoms with Gasteiger partial charge in [-0.1, -0.05) is 12.1 Å². The highest BCUT2D eigenvalue weighted by molar-refractivity contribution is 5.94. The molecule has 120 valence electrons. The second-order valence-electron chi connectivity index (χ2n) is 5.59. The van der Waals surface area contributed by atoms with Gasteiger partial charge in [-0.25, -0.2) is 0 Å². The highest BCUT2D eigenvalue weighted by atomic mass is 16.7. The third-order valence-electron chi connectivity index (χ3n) is 3.66. The van der Waals surface area contributed by atoms with Crippen LogP contribution in [0, 0.1) is 13.8 Å². The minimum absolute atomic E-state index is 0.207. The largest absolute Gasteiger partial charge is 0.481 e. The Morgan fingerprint density at radius 2 is 1.91 bits per heavy atom. The van der Waals surface area contributed by atoms with E-state index in [2.05, 4.69) is 5.32 Å². The standard InChI is InChI=1S/C18H19NO4/c1-11-4-5-12(2)16(8-11)23-13(3)18(20)19-14-6-7-15-17(9-14)22-10-21-15/h4-9,13H,10H2,1-3H3,(H,19,20)/t13-/m0/s1. The van der Waals surface area contributed by atoms with Gasteiger partial charge in [-0.2, -0.15) is 0 Å². The molecule has 1 aliphatic heterocycles. The molecule has 5 heteroatoms. The first-order valence-corrected chi connectivity index (χ1v) is 7.47. The number of hydrogen-bond donors (Lipinski definition) is 1. The summed E-state index contributed by atoms with van der Waals surface area (Å²) in [5, 5.41) is 2.83. The maximum Gasteiger partial charge on any atom is 0.265 e. The van der Waals surface area contributed by atoms with Crippen LogP contribution >= 0.6 is 0 Å². The lowest BCUT2D eigenvalue weighted by Crippen LogP contribution is -2.30. The van der Waals surface area contributed by atoms with E-state index in [0.29, 0.717) is 17.2 Å². The molecule has 0 aromatic heterocycles. The van der Waals surface area contributed by atoms with E-state index in [-0.39, 0.29) is 12.7 Å². The maximum atomic E-state index is 12.3. The number of benzene rings is 2. The summed E-state index contributed by atoms with van der Waals surface area (Å²) in [5.41, 5.74) is 2.74. The lowest BCUT2D eigenvalue weighted by Gasteiger charge is -2.17. The summed E-state index contributed by atoms with van der Waals surface area (Å²) in [6, 6.07) is 11.2. The van der Waals surface area contributed by atoms with Gasteiger partial charge in [-0.15, -0.1) is 0 Å². The molecular formula is C18H19NO4. The van der Waals surface area contributed by atoms with Crippen LogP contribution in [-0.4, -0.2) is 18.8 Å². The number of carbonyl (C=O) groups excluding carboxylic acids is 1. The number of fused-ring (bicyclic) bond motifs is 1. The molecule has 0 fully saturated rings. The van der Waals surface area contributed by atoms with Gasteiger partial charge in [0.05, 0.1) is 0 Å². The molecule has 2 aromatic rings. The smallest absolute Gasteiger partial charge is 0.265 e. The van der Waals surface area contributed by atoms with Gasteiger partial charge in [0.25, 0.3) is 5.91 Å². The first kappa shape index (κ1) is 15.2. The van der Waals surface area contributed by atoms with Crippen LogP contribution in [0.25, 0.3) is 0 Å². The van der Waals surface area contributed by atoms with Crippen LogP contribution in [0.2, 0.25) is 0 Å². The van der Waals surface area contributed by atoms with Gasteiger partial charge in [-0.05, 0) is 50.1 Å². The molecule has 0 saturated carbocycles. The fraction of sp³-hybridized carbons (Fsp3) is 0.278. The summed E-state index contributed by atoms with van der Waals surface area (Å²) in [6.07, 6.45) is -0.610. The van der Waals surface area contributed by atoms with Crippen molar-refractivity contribution in [3.63, 3.8) is 0 Å². The minimum Gasteiger partial charge on any atom is -0.481 e. The van der Waals surface area contributed by atoms with Crippen LogP contribution < -0.4 is 19.5 Å². The summed E-state index contributed by atoms with van der Waals surface area (Å²) in [4.78, 5) is 12.3. The van der Waals surface area contributed by atoms with Gasteiger partial charge in [0.15, 0.2) is 17.6 Å². The van der Waals surface area contributed by atoms with Crippen LogP contribution in [0.5, 0.6) is 17.2 Å². The van der Waals surface area contributed by atoms with Crippen LogP contribution in [0.3, 0.4) is 0 Å². The lowest BCUT2D eigenvalue weighted by atomic mass is 10.1. The molecule has 0 unspecified atom stereocenters. The van der Waals surface area contributed by atoms with E-state index in [9.17, 15) is 4.79 Å². The molecule has 1 N–H and O–H groups in total. The molecule has 0 radical (unpaired) electrons. The van der Waals surface area contributed by atoms with E-state index in [4.69, 9.17) is 14.2 Å². The first-order chi connectivity index (χ1) is 11.0. The summed E-state index contributed by atoms with van der Waals surface area (Å²) >= 11 is 0. The number of ether oxygens (including phenoxy) is 3. The molecule has 1 atom stereocenters. The molecule has 0 saturated heterocycles. The SMILES string of the molecule is Cc1ccc(C)c(O[C@@H](C)C(=O)Nc2ccc3c(c2)OCO3)c1. The molecule has 0 bridgehead atoms. The fourth-order valence-electron chi connectivity index (χ4n) is 2.30. The number of rotatable bonds is 4. The zero-order valence-corrected chi connectivity index (χ0v) is 13.4. The number of nitrogens with one attached hydrogen (secondary N) is 1. The Balaban J connectivity index is 1.67. The monoisotopic (exact) mass is 313 g/mol. The van der Waals surface area contributed by atoms with E-state index in [1.165, 1.54) is 0 Å². The second-order valence-corrected chi connectivity index (χ2v) is 5.59. The zero-order chi connectivity index (χ0) is 16.4. The molecule has 0 aliphatic carbocycles. The summed E-state index contributed by atoms with van der Waals surface area (Å²) in [5.74, 6) is 1.82. The van der Waals surface area contributed by atoms with Crippen molar-refractivity contribution in [3.8, 4) is 17.2 Å². The van der Waals surface area contributed by atoms with Gasteiger partial charge >= 0.3 is 0 Å². The molecule has 5 nitrogen and oxygen atoms in total. The first-order valence-electron chi connectivity index (χ1n) is 7.47. The Labute approximate surface area is 135 Å². The molecule has 0 spiro atoms. The predicted octanol–water partition coefficient (Wildman–Crippen LogP) is 3.44. The van der Waals surface area contributed by atoms with E-state index >= 15 is 0 Å². The molecular weight excluding hydrogens is 294 g/mol. The predicted molar refractivity (Wildman–Crippen MR) is 87.2 cm³/mol. The van der Waals surface area contributed by atoms with Crippen molar-refractivity contribution < 1.29 is 19.0 Å². The maximum absolute atomic E-state index is 12.3. The van der Waals surface area contributed by atoms with Crippen LogP contribution in [0.4, 0.5) is 5.69 Å². The summed E-state index contributed by atoms with van der Waals surface area (Å²) in [6.45, 7) is 5.88. The Morgan fingerprint density at radius 1 is 1.13 bits per heavy atom. The van der Waals surface area contributed by atoms with E-state index in [1.807, 2.05) is 32.0 Å². The molecule has 23 heavy (non-hydrogen) atoms. The fourth-order valence-corrected chi connectivity index (χ4v) is 2.30. The van der Waals surface area contributed by atoms with Gasteiger partial charge in [0.2, 0.25) is 6.79 Å². The normalized spacial score (nSPS) is 13.5. The van der Waals surface area contributed by atoms with Crippen molar-refractivity contribution in [2.45, 2.75) is 26.9 Å². The number of amides is 1. The zero-order valence-electron chi connectivity index (χ0n) is 13.4. The molecule has 1 aliphatic rings. The Morgan fingerprint density at radius 3 is 2.74 bits per heavy atom. The number of aryl methyl sites for hydroxylation is 2. The van der Waals surface area contributed by atoms with Gasteiger partial charge in [0, 0.05) is 11.8 Å². The Bertz CT molecular complexity index is 742. The van der Waals surface area contributed by atoms with Crippen molar-refractivity contribution in [1.82, 2.24) is 0 Å². The van der Waals surface area contributed by atoms with Gasteiger partial charge in [0.1, 0.15) is 5.75 Å². The van der Waals surface area contributed by atoms with E-state index in [1.54, 1.807) is 25.1 Å². The Hall–Kier alpha value is -2.69. The number of carbonyl (C=O) groups is 1. The van der Waals surface area contributed by atoms with Crippen molar-refractivity contribution in [2.75, 3.05) is 12.1 Å². The molecule has 3 rings (SSSR count). The van der Waals surface area contributed by atoms with E-state index < -0.39 is 6.10 Å². The van der Waals surface area contributed by atoms with Crippen molar-refractivity contribution >= 4 is 11.6 Å². The Kier molecular flexibility index (Phi) is 4.10. The third kappa shape index (κ3) is 3.39. The summed E-state index contributed by atoms with van der Waals surface area (Å²) in [7, 11) is 0. The number of anilines is 1. The van der Waals surface area contributed by atoms with Crippen LogP contribution in [-0.2, 0) is 4.79 Å². The molecule has 1 amide bonds. The molecule has 1 heterocycles. The van der Waals surface area contributed by atoms with Crippen molar-refractivity contribution in [3.05, 3.63) is 47.5 Å². The molecule has 2 aromatic carbocycles. The average molecular weight is 313 g/mol. The highest BCUT2D eigenvalue weighted by Gasteiger charge is 2.18. The van der Waals surface area contributed by atoms with Crippen LogP contribution in [0.15, 0.2) is 36.4 Å². The van der Waals surface area contributed by atoms with Gasteiger partial charge < -0.3 is 19.5 Å². The van der Waals surface area contributed by atoms with Crippen LogP contribution in [0.1, 0.15) is 18.1 Å². The number of hydrogen-bond acceptors (Lipinski definition) is 4. The second kappa shape index (κ2) is 6.20. The highest BCUT2D eigenvalue weighted by Crippen LogP contribution is 2.34. The third-order valence-corrected chi connectivity index (χ3v) is 3.66. The average Bonchev–Trinajstić information content (AvgIpc) is 2.98. The quantitative estimate of drug-likeness (QED) is 0.939. The van der Waals surface area contributed by atoms with Gasteiger partial charge in [-0.3, -0.25) is 4.79 Å². The minimum atomic E-state index is -0.610. The van der Waals surface area contributed by atoms with Crippen molar-refractivity contribution in [2.24, 2.45) is 0 Å². The van der Waals surface area contributed by atoms with E-state index in [0.717, 1.165) is 16.9 Å². The van der Waals surface area contributed by atoms with Crippen molar-refractivity contribution in [1.29, 1.82) is 0 Å². The topological polar surface area (TPSA) is 56.8 Å².